The third-order valence-electron chi connectivity index (χ3n) is 2.03. The molecule has 0 amide bonds. The average Bonchev–Trinajstić information content (AvgIpc) is 2.32. The van der Waals surface area contributed by atoms with Gasteiger partial charge in [-0.05, 0) is 24.8 Å². The molecule has 8 heteroatoms. The van der Waals surface area contributed by atoms with Crippen LogP contribution < -0.4 is 5.32 Å². The minimum absolute atomic E-state index is 0.00556. The van der Waals surface area contributed by atoms with E-state index in [1.54, 1.807) is 12.4 Å². The molecule has 94 valence electrons. The first-order valence-electron chi connectivity index (χ1n) is 4.72. The van der Waals surface area contributed by atoms with Crippen LogP contribution in [-0.2, 0) is 0 Å². The largest absolute Gasteiger partial charge is 0.297 e. The summed E-state index contributed by atoms with van der Waals surface area (Å²) in [6.45, 7) is 1.48. The van der Waals surface area contributed by atoms with Gasteiger partial charge in [-0.25, -0.2) is 9.38 Å². The molecule has 0 aliphatic heterocycles. The molecule has 0 fully saturated rings. The molecular formula is C10H9FN4O2S. The van der Waals surface area contributed by atoms with E-state index in [0.717, 1.165) is 17.8 Å². The first kappa shape index (κ1) is 13.9. The summed E-state index contributed by atoms with van der Waals surface area (Å²) in [4.78, 5) is 14.0. The van der Waals surface area contributed by atoms with Crippen molar-refractivity contribution in [3.8, 4) is 6.19 Å². The van der Waals surface area contributed by atoms with E-state index in [4.69, 9.17) is 5.26 Å². The van der Waals surface area contributed by atoms with Crippen LogP contribution in [0, 0.1) is 34.3 Å². The molecule has 0 saturated carbocycles. The summed E-state index contributed by atoms with van der Waals surface area (Å²) >= 11 is 1.12. The van der Waals surface area contributed by atoms with Crippen molar-refractivity contribution < 1.29 is 9.31 Å². The van der Waals surface area contributed by atoms with Crippen LogP contribution in [-0.4, -0.2) is 16.3 Å². The molecule has 0 saturated heterocycles. The molecule has 1 aromatic carbocycles. The van der Waals surface area contributed by atoms with Crippen molar-refractivity contribution in [1.82, 2.24) is 5.32 Å². The van der Waals surface area contributed by atoms with Crippen molar-refractivity contribution in [3.05, 3.63) is 33.6 Å². The molecule has 0 heterocycles. The lowest BCUT2D eigenvalue weighted by molar-refractivity contribution is -0.384. The number of nitro groups is 1. The van der Waals surface area contributed by atoms with Gasteiger partial charge in [0.15, 0.2) is 11.4 Å². The Kier molecular flexibility index (Phi) is 4.62. The van der Waals surface area contributed by atoms with Gasteiger partial charge in [0.1, 0.15) is 11.5 Å². The zero-order valence-corrected chi connectivity index (χ0v) is 10.4. The maximum atomic E-state index is 13.3. The number of nitrogens with one attached hydrogen (secondary N) is 1. The van der Waals surface area contributed by atoms with Gasteiger partial charge in [0.05, 0.1) is 11.0 Å². The monoisotopic (exact) mass is 268 g/mol. The molecule has 0 bridgehead atoms. The van der Waals surface area contributed by atoms with Gasteiger partial charge in [0, 0.05) is 0 Å². The number of nitriles is 1. The van der Waals surface area contributed by atoms with Crippen LogP contribution in [0.5, 0.6) is 0 Å². The molecule has 18 heavy (non-hydrogen) atoms. The standard InChI is InChI=1S/C10H9FN4O2S/c1-6-3-8(14-10(18-2)13-5-12)9(15(16)17)4-7(6)11/h3-4H,1-2H3,(H,13,14). The van der Waals surface area contributed by atoms with Gasteiger partial charge >= 0.3 is 0 Å². The Morgan fingerprint density at radius 3 is 2.83 bits per heavy atom. The third-order valence-corrected chi connectivity index (χ3v) is 2.61. The highest BCUT2D eigenvalue weighted by atomic mass is 32.2. The van der Waals surface area contributed by atoms with Crippen molar-refractivity contribution in [1.29, 1.82) is 5.26 Å². The van der Waals surface area contributed by atoms with E-state index in [1.165, 1.54) is 13.0 Å². The van der Waals surface area contributed by atoms with Gasteiger partial charge in [-0.2, -0.15) is 5.26 Å². The molecule has 0 aromatic heterocycles. The van der Waals surface area contributed by atoms with E-state index in [1.807, 2.05) is 0 Å². The SMILES string of the molecule is CSC(=Nc1cc(C)c(F)cc1[N+](=O)[O-])NC#N. The van der Waals surface area contributed by atoms with E-state index in [-0.39, 0.29) is 16.4 Å². The lowest BCUT2D eigenvalue weighted by Gasteiger charge is -2.03. The maximum absolute atomic E-state index is 13.3. The first-order valence-corrected chi connectivity index (χ1v) is 5.94. The fourth-order valence-corrected chi connectivity index (χ4v) is 1.51. The van der Waals surface area contributed by atoms with Crippen LogP contribution in [0.3, 0.4) is 0 Å². The summed E-state index contributed by atoms with van der Waals surface area (Å²) in [5, 5.41) is 21.7. The summed E-state index contributed by atoms with van der Waals surface area (Å²) in [5.41, 5.74) is -0.188. The molecule has 1 aromatic rings. The molecule has 0 spiro atoms. The number of nitrogens with zero attached hydrogens (tertiary/aromatic N) is 3. The average molecular weight is 268 g/mol. The number of hydrogen-bond donors (Lipinski definition) is 1. The normalized spacial score (nSPS) is 10.9. The number of thioether (sulfide) groups is 1. The highest BCUT2D eigenvalue weighted by Gasteiger charge is 2.17. The smallest absolute Gasteiger partial charge is 0.271 e. The van der Waals surface area contributed by atoms with Crippen molar-refractivity contribution in [2.45, 2.75) is 6.92 Å². The second kappa shape index (κ2) is 5.97. The summed E-state index contributed by atoms with van der Waals surface area (Å²) in [5.74, 6) is -0.667. The molecular weight excluding hydrogens is 259 g/mol. The molecule has 0 unspecified atom stereocenters. The number of hydrogen-bond acceptors (Lipinski definition) is 5. The van der Waals surface area contributed by atoms with Gasteiger partial charge in [0.25, 0.3) is 5.69 Å². The zero-order chi connectivity index (χ0) is 13.7. The molecule has 0 aliphatic rings. The fourth-order valence-electron chi connectivity index (χ4n) is 1.17. The second-order valence-corrected chi connectivity index (χ2v) is 4.00. The van der Waals surface area contributed by atoms with Gasteiger partial charge in [-0.15, -0.1) is 0 Å². The van der Waals surface area contributed by atoms with E-state index < -0.39 is 16.4 Å². The topological polar surface area (TPSA) is 91.3 Å². The lowest BCUT2D eigenvalue weighted by atomic mass is 10.2. The molecule has 0 aliphatic carbocycles. The second-order valence-electron chi connectivity index (χ2n) is 3.21. The summed E-state index contributed by atoms with van der Waals surface area (Å²) < 4.78 is 13.3. The van der Waals surface area contributed by atoms with Crippen molar-refractivity contribution in [2.24, 2.45) is 4.99 Å². The van der Waals surface area contributed by atoms with Crippen LogP contribution in [0.25, 0.3) is 0 Å². The van der Waals surface area contributed by atoms with E-state index >= 15 is 0 Å². The fraction of sp³-hybridized carbons (Fsp3) is 0.200. The van der Waals surface area contributed by atoms with Crippen LogP contribution in [0.15, 0.2) is 17.1 Å². The third kappa shape index (κ3) is 3.18. The Balaban J connectivity index is 3.35. The molecule has 0 atom stereocenters. The van der Waals surface area contributed by atoms with Crippen LogP contribution in [0.1, 0.15) is 5.56 Å². The number of aliphatic imine (C=N–C) groups is 1. The van der Waals surface area contributed by atoms with Crippen LogP contribution in [0.2, 0.25) is 0 Å². The maximum Gasteiger partial charge on any atom is 0.297 e. The number of halogens is 1. The van der Waals surface area contributed by atoms with Crippen LogP contribution >= 0.6 is 11.8 Å². The number of amidine groups is 1. The lowest BCUT2D eigenvalue weighted by Crippen LogP contribution is -2.12. The Morgan fingerprint density at radius 1 is 1.67 bits per heavy atom. The van der Waals surface area contributed by atoms with E-state index in [0.29, 0.717) is 0 Å². The predicted molar refractivity (Wildman–Crippen MR) is 67.2 cm³/mol. The number of aryl methyl sites for hydroxylation is 1. The van der Waals surface area contributed by atoms with Gasteiger partial charge in [-0.3, -0.25) is 15.4 Å². The van der Waals surface area contributed by atoms with E-state index in [9.17, 15) is 14.5 Å². The summed E-state index contributed by atoms with van der Waals surface area (Å²) in [7, 11) is 0. The highest BCUT2D eigenvalue weighted by Crippen LogP contribution is 2.30. The molecule has 0 radical (unpaired) electrons. The van der Waals surface area contributed by atoms with Crippen molar-refractivity contribution in [3.63, 3.8) is 0 Å². The number of nitro benzene ring substituents is 1. The first-order chi connectivity index (χ1) is 8.49. The van der Waals surface area contributed by atoms with Gasteiger partial charge < -0.3 is 0 Å². The zero-order valence-electron chi connectivity index (χ0n) is 9.60. The highest BCUT2D eigenvalue weighted by molar-refractivity contribution is 8.13. The number of benzene rings is 1. The molecule has 1 rings (SSSR count). The Morgan fingerprint density at radius 2 is 2.33 bits per heavy atom. The Labute approximate surface area is 107 Å². The molecule has 1 N–H and O–H groups in total. The van der Waals surface area contributed by atoms with Crippen LogP contribution in [0.4, 0.5) is 15.8 Å². The minimum Gasteiger partial charge on any atom is -0.271 e. The Hall–Kier alpha value is -2.14. The van der Waals surface area contributed by atoms with Gasteiger partial charge in [0.2, 0.25) is 0 Å². The number of rotatable bonds is 2. The summed E-state index contributed by atoms with van der Waals surface area (Å²) in [6.07, 6.45) is 3.33. The van der Waals surface area contributed by atoms with Gasteiger partial charge in [-0.1, -0.05) is 11.8 Å². The van der Waals surface area contributed by atoms with Crippen molar-refractivity contribution in [2.75, 3.05) is 6.26 Å². The molecule has 6 nitrogen and oxygen atoms in total. The van der Waals surface area contributed by atoms with Crippen molar-refractivity contribution >= 4 is 28.3 Å². The van der Waals surface area contributed by atoms with E-state index in [2.05, 4.69) is 10.3 Å². The quantitative estimate of drug-likeness (QED) is 0.222. The Bertz CT molecular complexity index is 554. The summed E-state index contributed by atoms with van der Waals surface area (Å²) in [6, 6.07) is 2.08. The predicted octanol–water partition coefficient (Wildman–Crippen LogP) is 2.46. The minimum atomic E-state index is -0.717.